The fourth-order valence-corrected chi connectivity index (χ4v) is 7.54. The molecule has 2 aliphatic rings. The van der Waals surface area contributed by atoms with E-state index in [1.807, 2.05) is 39.8 Å². The van der Waals surface area contributed by atoms with Gasteiger partial charge in [0.25, 0.3) is 11.6 Å². The third-order valence-electron chi connectivity index (χ3n) is 10.2. The third-order valence-corrected chi connectivity index (χ3v) is 10.2. The molecule has 2 aliphatic carbocycles. The highest BCUT2D eigenvalue weighted by atomic mass is 17.3. The van der Waals surface area contributed by atoms with Crippen LogP contribution in [0.5, 0.6) is 0 Å². The summed E-state index contributed by atoms with van der Waals surface area (Å²) in [5.74, 6) is -4.45. The maximum absolute atomic E-state index is 14.1. The minimum absolute atomic E-state index is 0.331. The van der Waals surface area contributed by atoms with Crippen LogP contribution >= 0.6 is 0 Å². The molecule has 0 heterocycles. The summed E-state index contributed by atoms with van der Waals surface area (Å²) in [4.78, 5) is 63.5. The molecule has 0 radical (unpaired) electrons. The smallest absolute Gasteiger partial charge is 0.398 e. The van der Waals surface area contributed by atoms with Crippen LogP contribution in [0, 0.1) is 27.7 Å². The van der Waals surface area contributed by atoms with Gasteiger partial charge in [-0.1, -0.05) is 124 Å². The lowest BCUT2D eigenvalue weighted by molar-refractivity contribution is -0.409. The lowest BCUT2D eigenvalue weighted by Crippen LogP contribution is -2.44. The topological polar surface area (TPSA) is 107 Å². The van der Waals surface area contributed by atoms with Crippen molar-refractivity contribution in [3.8, 4) is 0 Å². The van der Waals surface area contributed by atoms with Gasteiger partial charge in [0, 0.05) is 25.7 Å². The molecular formula is C43H62O9. The van der Waals surface area contributed by atoms with Gasteiger partial charge in [0.2, 0.25) is 0 Å². The summed E-state index contributed by atoms with van der Waals surface area (Å²) < 4.78 is 12.3. The Morgan fingerprint density at radius 2 is 0.654 bits per heavy atom. The van der Waals surface area contributed by atoms with Crippen LogP contribution in [-0.2, 0) is 29.0 Å². The summed E-state index contributed by atoms with van der Waals surface area (Å²) in [6.45, 7) is 7.66. The SMILES string of the molecule is Cc1cc(C)cc(C(=O)OOC2(OC(=O)OC3(OOC(=O)c4cc(C)cc(C)c4)CCCCCCCCCCC3)CCCCCCCCCCC2)c1. The van der Waals surface area contributed by atoms with Crippen molar-refractivity contribution < 1.29 is 43.4 Å². The van der Waals surface area contributed by atoms with Gasteiger partial charge in [0.05, 0.1) is 11.1 Å². The monoisotopic (exact) mass is 722 g/mol. The molecule has 52 heavy (non-hydrogen) atoms. The summed E-state index contributed by atoms with van der Waals surface area (Å²) in [7, 11) is 0. The van der Waals surface area contributed by atoms with Crippen LogP contribution in [0.4, 0.5) is 4.79 Å². The number of hydrogen-bond donors (Lipinski definition) is 0. The second kappa shape index (κ2) is 21.3. The van der Waals surface area contributed by atoms with Gasteiger partial charge in [0.1, 0.15) is 0 Å². The van der Waals surface area contributed by atoms with Crippen molar-refractivity contribution in [2.24, 2.45) is 0 Å². The molecule has 0 amide bonds. The molecule has 0 spiro atoms. The Kier molecular flexibility index (Phi) is 16.9. The first kappa shape index (κ1) is 41.3. The van der Waals surface area contributed by atoms with Crippen molar-refractivity contribution >= 4 is 18.1 Å². The molecule has 0 atom stereocenters. The van der Waals surface area contributed by atoms with Crippen LogP contribution in [-0.4, -0.2) is 29.7 Å². The average Bonchev–Trinajstić information content (AvgIpc) is 3.08. The number of hydrogen-bond acceptors (Lipinski definition) is 9. The van der Waals surface area contributed by atoms with Gasteiger partial charge in [-0.15, -0.1) is 9.78 Å². The molecule has 288 valence electrons. The van der Waals surface area contributed by atoms with E-state index in [1.54, 1.807) is 24.3 Å². The molecule has 2 saturated carbocycles. The van der Waals surface area contributed by atoms with Crippen molar-refractivity contribution in [3.05, 3.63) is 69.8 Å². The van der Waals surface area contributed by atoms with Crippen LogP contribution < -0.4 is 0 Å². The molecule has 0 aliphatic heterocycles. The van der Waals surface area contributed by atoms with Crippen LogP contribution in [0.1, 0.15) is 184 Å². The zero-order valence-corrected chi connectivity index (χ0v) is 32.2. The molecule has 0 unspecified atom stereocenters. The van der Waals surface area contributed by atoms with Crippen molar-refractivity contribution in [1.29, 1.82) is 0 Å². The van der Waals surface area contributed by atoms with E-state index in [9.17, 15) is 14.4 Å². The van der Waals surface area contributed by atoms with Gasteiger partial charge >= 0.3 is 18.1 Å². The summed E-state index contributed by atoms with van der Waals surface area (Å²) in [6.07, 6.45) is 18.2. The van der Waals surface area contributed by atoms with Crippen molar-refractivity contribution in [2.45, 2.75) is 181 Å². The van der Waals surface area contributed by atoms with Crippen LogP contribution in [0.3, 0.4) is 0 Å². The lowest BCUT2D eigenvalue weighted by Gasteiger charge is -2.35. The fourth-order valence-electron chi connectivity index (χ4n) is 7.54. The molecule has 4 rings (SSSR count). The fraction of sp³-hybridized carbons (Fsp3) is 0.651. The van der Waals surface area contributed by atoms with Gasteiger partial charge < -0.3 is 9.47 Å². The van der Waals surface area contributed by atoms with Crippen molar-refractivity contribution in [1.82, 2.24) is 0 Å². The molecule has 0 bridgehead atoms. The molecular weight excluding hydrogens is 660 g/mol. The molecule has 2 fully saturated rings. The second-order valence-corrected chi connectivity index (χ2v) is 15.3. The normalized spacial score (nSPS) is 19.3. The highest BCUT2D eigenvalue weighted by molar-refractivity contribution is 5.90. The number of carbonyl (C=O) groups excluding carboxylic acids is 3. The van der Waals surface area contributed by atoms with Gasteiger partial charge in [-0.3, -0.25) is 9.78 Å². The number of ether oxygens (including phenoxy) is 2. The maximum atomic E-state index is 14.1. The van der Waals surface area contributed by atoms with Gasteiger partial charge in [-0.25, -0.2) is 14.4 Å². The third kappa shape index (κ3) is 14.2. The summed E-state index contributed by atoms with van der Waals surface area (Å²) >= 11 is 0. The highest BCUT2D eigenvalue weighted by Crippen LogP contribution is 2.35. The van der Waals surface area contributed by atoms with E-state index in [2.05, 4.69) is 0 Å². The second-order valence-electron chi connectivity index (χ2n) is 15.3. The van der Waals surface area contributed by atoms with Crippen molar-refractivity contribution in [3.63, 3.8) is 0 Å². The molecule has 9 heteroatoms. The first-order valence-electron chi connectivity index (χ1n) is 20.0. The van der Waals surface area contributed by atoms with E-state index in [0.29, 0.717) is 62.5 Å². The largest absolute Gasteiger partial charge is 0.513 e. The zero-order valence-electron chi connectivity index (χ0n) is 32.2. The predicted molar refractivity (Wildman–Crippen MR) is 199 cm³/mol. The minimum atomic E-state index is -1.56. The quantitative estimate of drug-likeness (QED) is 0.114. The van der Waals surface area contributed by atoms with Crippen molar-refractivity contribution in [2.75, 3.05) is 0 Å². The van der Waals surface area contributed by atoms with E-state index in [0.717, 1.165) is 99.3 Å². The van der Waals surface area contributed by atoms with Gasteiger partial charge in [-0.2, -0.15) is 0 Å². The van der Waals surface area contributed by atoms with Crippen LogP contribution in [0.15, 0.2) is 36.4 Å². The molecule has 2 aromatic rings. The van der Waals surface area contributed by atoms with Gasteiger partial charge in [-0.05, 0) is 77.6 Å². The Balaban J connectivity index is 1.58. The number of rotatable bonds is 8. The Bertz CT molecular complexity index is 1260. The molecule has 0 aromatic heterocycles. The van der Waals surface area contributed by atoms with E-state index < -0.39 is 29.7 Å². The summed E-state index contributed by atoms with van der Waals surface area (Å²) in [5, 5.41) is 0. The van der Waals surface area contributed by atoms with Crippen LogP contribution in [0.25, 0.3) is 0 Å². The minimum Gasteiger partial charge on any atom is -0.398 e. The number of benzene rings is 2. The molecule has 0 saturated heterocycles. The Morgan fingerprint density at radius 1 is 0.404 bits per heavy atom. The standard InChI is InChI=1S/C43H62O9/c1-33-27-34(2)30-37(29-33)39(44)49-51-42(23-19-15-11-7-5-8-12-16-20-24-42)47-41(46)48-43(25-21-17-13-9-6-10-14-18-22-26-43)52-50-40(45)38-31-35(3)28-36(4)32-38/h27-32H,5-26H2,1-4H3. The van der Waals surface area contributed by atoms with E-state index in [1.165, 1.54) is 12.8 Å². The molecule has 0 N–H and O–H groups in total. The van der Waals surface area contributed by atoms with E-state index in [-0.39, 0.29) is 0 Å². The highest BCUT2D eigenvalue weighted by Gasteiger charge is 2.44. The van der Waals surface area contributed by atoms with E-state index in [4.69, 9.17) is 29.0 Å². The van der Waals surface area contributed by atoms with Gasteiger partial charge in [0.15, 0.2) is 0 Å². The van der Waals surface area contributed by atoms with Crippen LogP contribution in [0.2, 0.25) is 0 Å². The Morgan fingerprint density at radius 3 is 0.923 bits per heavy atom. The first-order valence-corrected chi connectivity index (χ1v) is 20.0. The lowest BCUT2D eigenvalue weighted by atomic mass is 9.97. The predicted octanol–water partition coefficient (Wildman–Crippen LogP) is 12.0. The molecule has 9 nitrogen and oxygen atoms in total. The summed E-state index contributed by atoms with van der Waals surface area (Å²) in [6, 6.07) is 10.9. The Hall–Kier alpha value is -3.43. The molecule has 2 aromatic carbocycles. The zero-order chi connectivity index (χ0) is 37.2. The summed E-state index contributed by atoms with van der Waals surface area (Å²) in [5.41, 5.74) is 4.41. The number of aryl methyl sites for hydroxylation is 4. The average molecular weight is 723 g/mol. The van der Waals surface area contributed by atoms with E-state index >= 15 is 0 Å². The number of carbonyl (C=O) groups is 3. The first-order chi connectivity index (χ1) is 25.1. The maximum Gasteiger partial charge on any atom is 0.513 e. The Labute approximate surface area is 311 Å².